The second-order valence-corrected chi connectivity index (χ2v) is 5.71. The summed E-state index contributed by atoms with van der Waals surface area (Å²) in [6.07, 6.45) is 1.12. The number of rotatable bonds is 3. The summed E-state index contributed by atoms with van der Waals surface area (Å²) >= 11 is 0. The molecule has 2 N–H and O–H groups in total. The van der Waals surface area contributed by atoms with Crippen LogP contribution in [0.3, 0.4) is 0 Å². The summed E-state index contributed by atoms with van der Waals surface area (Å²) in [5, 5.41) is 3.74. The largest absolute Gasteiger partial charge is 0.495 e. The molecular formula is C11H12N2O4S. The van der Waals surface area contributed by atoms with Gasteiger partial charge in [0, 0.05) is 17.9 Å². The van der Waals surface area contributed by atoms with Crippen molar-refractivity contribution in [3.05, 3.63) is 24.3 Å². The first-order chi connectivity index (χ1) is 8.43. The fourth-order valence-corrected chi connectivity index (χ4v) is 2.49. The Balaban J connectivity index is 2.70. The van der Waals surface area contributed by atoms with Gasteiger partial charge in [-0.05, 0) is 12.1 Å². The maximum Gasteiger partial charge on any atom is 0.222 e. The molecule has 0 atom stereocenters. The molecule has 0 amide bonds. The molecule has 2 rings (SSSR count). The minimum Gasteiger partial charge on any atom is -0.495 e. The third kappa shape index (κ3) is 2.17. The average molecular weight is 268 g/mol. The van der Waals surface area contributed by atoms with Crippen molar-refractivity contribution in [1.29, 1.82) is 0 Å². The van der Waals surface area contributed by atoms with Crippen LogP contribution in [-0.2, 0) is 9.84 Å². The second-order valence-electron chi connectivity index (χ2n) is 3.72. The highest BCUT2D eigenvalue weighted by Gasteiger charge is 2.19. The van der Waals surface area contributed by atoms with E-state index in [1.807, 2.05) is 0 Å². The summed E-state index contributed by atoms with van der Waals surface area (Å²) in [6.45, 7) is 0. The summed E-state index contributed by atoms with van der Waals surface area (Å²) < 4.78 is 33.2. The number of nitrogens with two attached hydrogens (primary N) is 1. The Morgan fingerprint density at radius 1 is 1.39 bits per heavy atom. The van der Waals surface area contributed by atoms with E-state index in [0.717, 1.165) is 6.26 Å². The first-order valence-corrected chi connectivity index (χ1v) is 6.92. The van der Waals surface area contributed by atoms with E-state index in [1.165, 1.54) is 19.2 Å². The molecule has 0 spiro atoms. The van der Waals surface area contributed by atoms with Crippen LogP contribution in [0, 0.1) is 0 Å². The summed E-state index contributed by atoms with van der Waals surface area (Å²) in [5.41, 5.74) is 6.38. The number of ether oxygens (including phenoxy) is 1. The molecule has 0 aliphatic heterocycles. The van der Waals surface area contributed by atoms with Crippen LogP contribution in [-0.4, -0.2) is 26.9 Å². The number of aromatic nitrogens is 1. The highest BCUT2D eigenvalue weighted by Crippen LogP contribution is 2.35. The van der Waals surface area contributed by atoms with Crippen LogP contribution in [0.2, 0.25) is 0 Å². The molecule has 1 aromatic carbocycles. The number of methoxy groups -OCH3 is 1. The normalized spacial score (nSPS) is 11.4. The number of hydrogen-bond acceptors (Lipinski definition) is 6. The lowest BCUT2D eigenvalue weighted by Gasteiger charge is -2.10. The van der Waals surface area contributed by atoms with Crippen LogP contribution in [0.25, 0.3) is 11.3 Å². The smallest absolute Gasteiger partial charge is 0.222 e. The topological polar surface area (TPSA) is 95.4 Å². The van der Waals surface area contributed by atoms with Gasteiger partial charge in [0.1, 0.15) is 16.3 Å². The van der Waals surface area contributed by atoms with E-state index in [2.05, 4.69) is 5.16 Å². The predicted octanol–water partition coefficient (Wildman–Crippen LogP) is 1.34. The molecule has 18 heavy (non-hydrogen) atoms. The molecule has 0 aliphatic rings. The molecule has 1 aromatic heterocycles. The molecule has 2 aromatic rings. The number of hydrogen-bond donors (Lipinski definition) is 1. The SMILES string of the molecule is COc1c(-c2cc(N)on2)cccc1S(C)(=O)=O. The van der Waals surface area contributed by atoms with E-state index in [4.69, 9.17) is 15.0 Å². The minimum absolute atomic E-state index is 0.101. The van der Waals surface area contributed by atoms with Crippen LogP contribution >= 0.6 is 0 Å². The van der Waals surface area contributed by atoms with E-state index < -0.39 is 9.84 Å². The van der Waals surface area contributed by atoms with Gasteiger partial charge in [0.2, 0.25) is 5.88 Å². The van der Waals surface area contributed by atoms with Gasteiger partial charge in [-0.1, -0.05) is 11.2 Å². The molecule has 0 fully saturated rings. The van der Waals surface area contributed by atoms with Gasteiger partial charge in [0.25, 0.3) is 0 Å². The molecule has 96 valence electrons. The second kappa shape index (κ2) is 4.34. The highest BCUT2D eigenvalue weighted by atomic mass is 32.2. The summed E-state index contributed by atoms with van der Waals surface area (Å²) in [4.78, 5) is 0.101. The quantitative estimate of drug-likeness (QED) is 0.902. The van der Waals surface area contributed by atoms with Crippen molar-refractivity contribution < 1.29 is 17.7 Å². The lowest BCUT2D eigenvalue weighted by atomic mass is 10.1. The van der Waals surface area contributed by atoms with Gasteiger partial charge in [-0.25, -0.2) is 8.42 Å². The lowest BCUT2D eigenvalue weighted by Crippen LogP contribution is -2.02. The van der Waals surface area contributed by atoms with Crippen LogP contribution in [0.4, 0.5) is 5.88 Å². The maximum absolute atomic E-state index is 11.7. The van der Waals surface area contributed by atoms with Crippen molar-refractivity contribution in [2.45, 2.75) is 4.90 Å². The summed E-state index contributed by atoms with van der Waals surface area (Å²) in [7, 11) is -1.98. The Kier molecular flexibility index (Phi) is 3.00. The van der Waals surface area contributed by atoms with E-state index in [-0.39, 0.29) is 16.5 Å². The molecule has 1 heterocycles. The Bertz CT molecular complexity index is 676. The molecule has 0 radical (unpaired) electrons. The zero-order valence-corrected chi connectivity index (χ0v) is 10.7. The average Bonchev–Trinajstić information content (AvgIpc) is 2.73. The molecule has 0 saturated heterocycles. The van der Waals surface area contributed by atoms with Crippen LogP contribution in [0.15, 0.2) is 33.7 Å². The number of anilines is 1. The van der Waals surface area contributed by atoms with Crippen molar-refractivity contribution in [3.8, 4) is 17.0 Å². The Labute approximate surface area is 104 Å². The third-order valence-corrected chi connectivity index (χ3v) is 3.51. The zero-order chi connectivity index (χ0) is 13.3. The van der Waals surface area contributed by atoms with Crippen LogP contribution in [0.5, 0.6) is 5.75 Å². The Hall–Kier alpha value is -2.02. The highest BCUT2D eigenvalue weighted by molar-refractivity contribution is 7.90. The van der Waals surface area contributed by atoms with Gasteiger partial charge < -0.3 is 15.0 Å². The molecule has 0 aliphatic carbocycles. The van der Waals surface area contributed by atoms with E-state index >= 15 is 0 Å². The van der Waals surface area contributed by atoms with E-state index in [1.54, 1.807) is 12.1 Å². The van der Waals surface area contributed by atoms with Crippen LogP contribution < -0.4 is 10.5 Å². The van der Waals surface area contributed by atoms with Crippen molar-refractivity contribution in [3.63, 3.8) is 0 Å². The van der Waals surface area contributed by atoms with Gasteiger partial charge in [0.15, 0.2) is 9.84 Å². The fraction of sp³-hybridized carbons (Fsp3) is 0.182. The van der Waals surface area contributed by atoms with Gasteiger partial charge in [0.05, 0.1) is 7.11 Å². The first kappa shape index (κ1) is 12.4. The van der Waals surface area contributed by atoms with Crippen LogP contribution in [0.1, 0.15) is 0 Å². The lowest BCUT2D eigenvalue weighted by molar-refractivity contribution is 0.403. The molecular weight excluding hydrogens is 256 g/mol. The molecule has 0 unspecified atom stereocenters. The maximum atomic E-state index is 11.7. The number of nitrogen functional groups attached to an aromatic ring is 1. The Morgan fingerprint density at radius 2 is 2.11 bits per heavy atom. The fourth-order valence-electron chi connectivity index (χ4n) is 1.64. The van der Waals surface area contributed by atoms with Crippen molar-refractivity contribution in [2.24, 2.45) is 0 Å². The van der Waals surface area contributed by atoms with Gasteiger partial charge in [-0.3, -0.25) is 0 Å². The molecule has 6 nitrogen and oxygen atoms in total. The van der Waals surface area contributed by atoms with Gasteiger partial charge in [-0.2, -0.15) is 0 Å². The number of sulfone groups is 1. The van der Waals surface area contributed by atoms with Gasteiger partial charge in [-0.15, -0.1) is 0 Å². The molecule has 0 saturated carbocycles. The first-order valence-electron chi connectivity index (χ1n) is 5.03. The summed E-state index contributed by atoms with van der Waals surface area (Å²) in [6, 6.07) is 6.27. The minimum atomic E-state index is -3.38. The number of para-hydroxylation sites is 1. The zero-order valence-electron chi connectivity index (χ0n) is 9.88. The van der Waals surface area contributed by atoms with Crippen molar-refractivity contribution in [2.75, 3.05) is 19.1 Å². The monoisotopic (exact) mass is 268 g/mol. The van der Waals surface area contributed by atoms with E-state index in [0.29, 0.717) is 11.3 Å². The van der Waals surface area contributed by atoms with Crippen molar-refractivity contribution in [1.82, 2.24) is 5.16 Å². The third-order valence-electron chi connectivity index (χ3n) is 2.39. The number of nitrogens with zero attached hydrogens (tertiary/aromatic N) is 1. The van der Waals surface area contributed by atoms with E-state index in [9.17, 15) is 8.42 Å². The molecule has 0 bridgehead atoms. The summed E-state index contributed by atoms with van der Waals surface area (Å²) in [5.74, 6) is 0.380. The standard InChI is InChI=1S/C11H12N2O4S/c1-16-11-7(8-6-10(12)17-13-8)4-3-5-9(11)18(2,14)15/h3-6H,12H2,1-2H3. The predicted molar refractivity (Wildman–Crippen MR) is 66.0 cm³/mol. The Morgan fingerprint density at radius 3 is 2.61 bits per heavy atom. The molecule has 7 heteroatoms. The number of benzene rings is 1. The van der Waals surface area contributed by atoms with Gasteiger partial charge >= 0.3 is 0 Å². The van der Waals surface area contributed by atoms with Crippen molar-refractivity contribution >= 4 is 15.7 Å².